The standard InChI is InChI=1S/C44H45F3N6O5/c1-3-27-4-8-29(9-5-27)30-12-14-31(15-13-30)35-22-50-42(51-23-35)32-10-6-28(7-11-32)25-53(26-41(55)56)43(57)37-24-49-39(18-34(37)21-48)52-40(54)19-33-16-17-36(58-2)20-38(33)44(45,46)47/h6-7,10-11,14,16-18,20,22-24,27,29-30H,3-5,8-9,12-13,15,19,25-26H2,1-2H3,(H,55,56)(H,49,52,54). The summed E-state index contributed by atoms with van der Waals surface area (Å²) in [5.74, 6) is -0.125. The zero-order chi connectivity index (χ0) is 41.4. The minimum atomic E-state index is -4.74. The van der Waals surface area contributed by atoms with Crippen LogP contribution in [0.25, 0.3) is 17.0 Å². The topological polar surface area (TPSA) is 158 Å². The maximum absolute atomic E-state index is 13.6. The molecule has 1 unspecified atom stereocenters. The summed E-state index contributed by atoms with van der Waals surface area (Å²) in [4.78, 5) is 52.5. The highest BCUT2D eigenvalue weighted by Crippen LogP contribution is 2.42. The normalized spacial score (nSPS) is 18.1. The van der Waals surface area contributed by atoms with Crippen LogP contribution in [-0.2, 0) is 28.7 Å². The Bertz CT molecular complexity index is 2190. The minimum Gasteiger partial charge on any atom is -0.497 e. The number of rotatable bonds is 13. The summed E-state index contributed by atoms with van der Waals surface area (Å²) in [6, 6.07) is 13.2. The lowest BCUT2D eigenvalue weighted by Crippen LogP contribution is -2.35. The second kappa shape index (κ2) is 18.4. The summed E-state index contributed by atoms with van der Waals surface area (Å²) < 4.78 is 45.8. The van der Waals surface area contributed by atoms with Crippen molar-refractivity contribution in [3.63, 3.8) is 0 Å². The Labute approximate surface area is 335 Å². The number of carbonyl (C=O) groups is 3. The smallest absolute Gasteiger partial charge is 0.416 e. The van der Waals surface area contributed by atoms with Crippen LogP contribution in [0.4, 0.5) is 19.0 Å². The fourth-order valence-electron chi connectivity index (χ4n) is 8.02. The number of nitrogens with zero attached hydrogens (tertiary/aromatic N) is 5. The number of aliphatic carboxylic acids is 1. The molecule has 2 aliphatic carbocycles. The Hall–Kier alpha value is -6.10. The maximum Gasteiger partial charge on any atom is 0.416 e. The molecule has 4 aromatic rings. The van der Waals surface area contributed by atoms with Crippen LogP contribution in [0.1, 0.15) is 96.5 Å². The van der Waals surface area contributed by atoms with E-state index in [1.165, 1.54) is 57.3 Å². The second-order valence-electron chi connectivity index (χ2n) is 15.0. The molecule has 58 heavy (non-hydrogen) atoms. The van der Waals surface area contributed by atoms with E-state index in [9.17, 15) is 37.9 Å². The number of nitrogens with one attached hydrogen (secondary N) is 1. The van der Waals surface area contributed by atoms with Crippen molar-refractivity contribution in [2.75, 3.05) is 19.0 Å². The summed E-state index contributed by atoms with van der Waals surface area (Å²) in [6.45, 7) is 1.50. The molecular formula is C44H45F3N6O5. The van der Waals surface area contributed by atoms with Crippen LogP contribution in [0.15, 0.2) is 73.2 Å². The monoisotopic (exact) mass is 794 g/mol. The van der Waals surface area contributed by atoms with Crippen molar-refractivity contribution in [3.05, 3.63) is 107 Å². The van der Waals surface area contributed by atoms with Crippen molar-refractivity contribution in [1.82, 2.24) is 19.9 Å². The fourth-order valence-corrected chi connectivity index (χ4v) is 8.02. The van der Waals surface area contributed by atoms with Gasteiger partial charge in [-0.05, 0) is 84.8 Å². The van der Waals surface area contributed by atoms with Crippen LogP contribution in [0.5, 0.6) is 5.75 Å². The lowest BCUT2D eigenvalue weighted by molar-refractivity contribution is -0.139. The number of carboxylic acids is 1. The summed E-state index contributed by atoms with van der Waals surface area (Å²) in [5, 5.41) is 21.9. The molecule has 302 valence electrons. The third-order valence-electron chi connectivity index (χ3n) is 11.3. The molecule has 1 fully saturated rings. The lowest BCUT2D eigenvalue weighted by atomic mass is 9.71. The number of carbonyl (C=O) groups excluding carboxylic acids is 2. The molecule has 2 amide bonds. The van der Waals surface area contributed by atoms with E-state index in [1.807, 2.05) is 18.5 Å². The number of alkyl halides is 3. The average molecular weight is 795 g/mol. The molecule has 14 heteroatoms. The Balaban J connectivity index is 1.08. The van der Waals surface area contributed by atoms with Crippen LogP contribution in [0, 0.1) is 29.1 Å². The summed E-state index contributed by atoms with van der Waals surface area (Å²) in [6.07, 6.45) is 11.7. The summed E-state index contributed by atoms with van der Waals surface area (Å²) in [7, 11) is 1.23. The summed E-state index contributed by atoms with van der Waals surface area (Å²) in [5.41, 5.74) is 1.86. The van der Waals surface area contributed by atoms with Gasteiger partial charge in [-0.25, -0.2) is 15.0 Å². The van der Waals surface area contributed by atoms with Crippen molar-refractivity contribution >= 4 is 29.2 Å². The quantitative estimate of drug-likeness (QED) is 0.135. The molecule has 2 aromatic heterocycles. The average Bonchev–Trinajstić information content (AvgIpc) is 3.23. The molecule has 11 nitrogen and oxygen atoms in total. The van der Waals surface area contributed by atoms with Gasteiger partial charge in [-0.3, -0.25) is 14.4 Å². The molecule has 0 aliphatic heterocycles. The number of pyridine rings is 1. The number of amides is 2. The molecule has 0 radical (unpaired) electrons. The van der Waals surface area contributed by atoms with Gasteiger partial charge in [0.2, 0.25) is 5.91 Å². The molecule has 0 spiro atoms. The van der Waals surface area contributed by atoms with Gasteiger partial charge in [0, 0.05) is 36.3 Å². The number of hydrogen-bond acceptors (Lipinski definition) is 8. The van der Waals surface area contributed by atoms with Gasteiger partial charge in [0.1, 0.15) is 24.2 Å². The van der Waals surface area contributed by atoms with Gasteiger partial charge in [-0.1, -0.05) is 62.6 Å². The number of ether oxygens (including phenoxy) is 1. The van der Waals surface area contributed by atoms with E-state index in [4.69, 9.17) is 4.74 Å². The highest BCUT2D eigenvalue weighted by Gasteiger charge is 2.34. The number of aromatic nitrogens is 3. The van der Waals surface area contributed by atoms with E-state index in [1.54, 1.807) is 24.3 Å². The fraction of sp³-hybridized carbons (Fsp3) is 0.386. The first-order chi connectivity index (χ1) is 27.8. The number of halogens is 3. The number of nitriles is 1. The first-order valence-electron chi connectivity index (χ1n) is 19.4. The van der Waals surface area contributed by atoms with E-state index in [0.29, 0.717) is 11.4 Å². The number of methoxy groups -OCH3 is 1. The third kappa shape index (κ3) is 10.2. The molecule has 0 saturated heterocycles. The van der Waals surface area contributed by atoms with Gasteiger partial charge >= 0.3 is 12.1 Å². The molecule has 2 N–H and O–H groups in total. The number of hydrogen-bond donors (Lipinski definition) is 2. The highest BCUT2D eigenvalue weighted by atomic mass is 19.4. The first-order valence-corrected chi connectivity index (χ1v) is 19.4. The van der Waals surface area contributed by atoms with Gasteiger partial charge < -0.3 is 20.1 Å². The zero-order valence-electron chi connectivity index (χ0n) is 32.4. The Morgan fingerprint density at radius 3 is 2.28 bits per heavy atom. The minimum absolute atomic E-state index is 0.0269. The van der Waals surface area contributed by atoms with Gasteiger partial charge in [-0.15, -0.1) is 0 Å². The van der Waals surface area contributed by atoms with Crippen LogP contribution >= 0.6 is 0 Å². The van der Waals surface area contributed by atoms with Gasteiger partial charge in [-0.2, -0.15) is 18.4 Å². The number of anilines is 1. The molecule has 2 heterocycles. The van der Waals surface area contributed by atoms with E-state index >= 15 is 0 Å². The van der Waals surface area contributed by atoms with Gasteiger partial charge in [0.15, 0.2) is 5.82 Å². The van der Waals surface area contributed by atoms with Crippen molar-refractivity contribution in [3.8, 4) is 23.2 Å². The van der Waals surface area contributed by atoms with E-state index in [2.05, 4.69) is 33.3 Å². The molecule has 0 bridgehead atoms. The Morgan fingerprint density at radius 1 is 0.948 bits per heavy atom. The lowest BCUT2D eigenvalue weighted by Gasteiger charge is -2.35. The Kier molecular flexibility index (Phi) is 13.2. The largest absolute Gasteiger partial charge is 0.497 e. The first kappa shape index (κ1) is 41.5. The van der Waals surface area contributed by atoms with Crippen LogP contribution < -0.4 is 10.1 Å². The van der Waals surface area contributed by atoms with Crippen LogP contribution in [0.3, 0.4) is 0 Å². The molecule has 1 atom stereocenters. The van der Waals surface area contributed by atoms with Crippen molar-refractivity contribution in [2.24, 2.45) is 17.8 Å². The van der Waals surface area contributed by atoms with Gasteiger partial charge in [0.25, 0.3) is 5.91 Å². The van der Waals surface area contributed by atoms with Crippen LogP contribution in [0.2, 0.25) is 0 Å². The SMILES string of the molecule is CCC1CCC(C2CC=C(c3cnc(-c4ccc(CN(CC(=O)O)C(=O)c5cnc(NC(=O)Cc6ccc(OC)cc6C(F)(F)F)cc5C#N)cc4)nc3)CC2)CC1. The third-order valence-corrected chi connectivity index (χ3v) is 11.3. The van der Waals surface area contributed by atoms with E-state index in [-0.39, 0.29) is 34.8 Å². The van der Waals surface area contributed by atoms with E-state index < -0.39 is 42.5 Å². The molecule has 2 aromatic carbocycles. The summed E-state index contributed by atoms with van der Waals surface area (Å²) >= 11 is 0. The van der Waals surface area contributed by atoms with Crippen molar-refractivity contribution in [1.29, 1.82) is 5.26 Å². The Morgan fingerprint density at radius 2 is 1.67 bits per heavy atom. The predicted octanol–water partition coefficient (Wildman–Crippen LogP) is 8.75. The zero-order valence-corrected chi connectivity index (χ0v) is 32.4. The van der Waals surface area contributed by atoms with Crippen LogP contribution in [-0.4, -0.2) is 56.4 Å². The highest BCUT2D eigenvalue weighted by molar-refractivity contribution is 5.99. The van der Waals surface area contributed by atoms with E-state index in [0.717, 1.165) is 71.0 Å². The maximum atomic E-state index is 13.6. The predicted molar refractivity (Wildman–Crippen MR) is 210 cm³/mol. The molecule has 1 saturated carbocycles. The number of carboxylic acid groups (broad SMARTS) is 1. The van der Waals surface area contributed by atoms with Crippen molar-refractivity contribution in [2.45, 2.75) is 77.4 Å². The molecule has 6 rings (SSSR count). The molecule has 2 aliphatic rings. The molecular weight excluding hydrogens is 750 g/mol. The van der Waals surface area contributed by atoms with Gasteiger partial charge in [0.05, 0.1) is 30.2 Å². The number of allylic oxidation sites excluding steroid dienone is 2. The second-order valence-corrected chi connectivity index (χ2v) is 15.0. The van der Waals surface area contributed by atoms with Crippen molar-refractivity contribution < 1.29 is 37.4 Å². The number of benzene rings is 2.